The van der Waals surface area contributed by atoms with Gasteiger partial charge in [-0.2, -0.15) is 0 Å². The third-order valence-electron chi connectivity index (χ3n) is 5.52. The van der Waals surface area contributed by atoms with Gasteiger partial charge in [-0.1, -0.05) is 48.0 Å². The standard InChI is InChI=1S/C25H22N2O3/c1-16-9-11-17(12-10-16)27-24(28)13-20(19-6-4-8-23-25(19)30-15-29-23)21-14-26-22-7-3-2-5-18(21)22/h2-12,14,20,26H,13,15H2,1H3,(H,27,28). The van der Waals surface area contributed by atoms with Gasteiger partial charge in [0.25, 0.3) is 0 Å². The van der Waals surface area contributed by atoms with E-state index in [2.05, 4.69) is 16.4 Å². The Hall–Kier alpha value is -3.73. The number of hydrogen-bond acceptors (Lipinski definition) is 3. The molecule has 0 spiro atoms. The topological polar surface area (TPSA) is 63.4 Å². The van der Waals surface area contributed by atoms with Crippen LogP contribution in [0.3, 0.4) is 0 Å². The summed E-state index contributed by atoms with van der Waals surface area (Å²) in [6, 6.07) is 21.8. The molecule has 0 saturated carbocycles. The number of rotatable bonds is 5. The highest BCUT2D eigenvalue weighted by Gasteiger charge is 2.28. The molecule has 150 valence electrons. The van der Waals surface area contributed by atoms with Crippen LogP contribution in [0.2, 0.25) is 0 Å². The third-order valence-corrected chi connectivity index (χ3v) is 5.52. The number of carbonyl (C=O) groups excluding carboxylic acids is 1. The second-order valence-corrected chi connectivity index (χ2v) is 7.54. The lowest BCUT2D eigenvalue weighted by Gasteiger charge is -2.19. The van der Waals surface area contributed by atoms with Crippen molar-refractivity contribution in [2.45, 2.75) is 19.3 Å². The largest absolute Gasteiger partial charge is 0.454 e. The number of carbonyl (C=O) groups is 1. The fraction of sp³-hybridized carbons (Fsp3) is 0.160. The molecule has 0 aliphatic carbocycles. The summed E-state index contributed by atoms with van der Waals surface area (Å²) < 4.78 is 11.3. The van der Waals surface area contributed by atoms with Crippen LogP contribution in [0.1, 0.15) is 29.0 Å². The summed E-state index contributed by atoms with van der Waals surface area (Å²) in [6.45, 7) is 2.22. The van der Waals surface area contributed by atoms with E-state index in [1.807, 2.05) is 73.8 Å². The summed E-state index contributed by atoms with van der Waals surface area (Å²) in [4.78, 5) is 16.4. The Labute approximate surface area is 174 Å². The first-order valence-electron chi connectivity index (χ1n) is 10.00. The molecular weight excluding hydrogens is 376 g/mol. The molecule has 30 heavy (non-hydrogen) atoms. The van der Waals surface area contributed by atoms with Gasteiger partial charge in [0.15, 0.2) is 11.5 Å². The van der Waals surface area contributed by atoms with Gasteiger partial charge in [0.05, 0.1) is 0 Å². The Balaban J connectivity index is 1.53. The first kappa shape index (κ1) is 18.3. The first-order chi connectivity index (χ1) is 14.7. The molecule has 2 N–H and O–H groups in total. The maximum Gasteiger partial charge on any atom is 0.231 e. The van der Waals surface area contributed by atoms with Gasteiger partial charge in [0.2, 0.25) is 12.7 Å². The SMILES string of the molecule is Cc1ccc(NC(=O)CC(c2cccc3c2OCO3)c2c[nH]c3ccccc23)cc1. The van der Waals surface area contributed by atoms with Crippen LogP contribution in [0.15, 0.2) is 72.9 Å². The predicted molar refractivity (Wildman–Crippen MR) is 117 cm³/mol. The maximum absolute atomic E-state index is 13.0. The minimum atomic E-state index is -0.178. The number of aromatic amines is 1. The summed E-state index contributed by atoms with van der Waals surface area (Å²) in [5, 5.41) is 4.13. The number of hydrogen-bond donors (Lipinski definition) is 2. The van der Waals surface area contributed by atoms with Gasteiger partial charge in [-0.15, -0.1) is 0 Å². The summed E-state index contributed by atoms with van der Waals surface area (Å²) >= 11 is 0. The fourth-order valence-electron chi connectivity index (χ4n) is 4.03. The highest BCUT2D eigenvalue weighted by atomic mass is 16.7. The fourth-order valence-corrected chi connectivity index (χ4v) is 4.03. The highest BCUT2D eigenvalue weighted by Crippen LogP contribution is 2.44. The Kier molecular flexibility index (Phi) is 4.64. The van der Waals surface area contributed by atoms with Crippen molar-refractivity contribution in [2.24, 2.45) is 0 Å². The minimum absolute atomic E-state index is 0.0503. The summed E-state index contributed by atoms with van der Waals surface area (Å²) in [5.74, 6) is 1.21. The van der Waals surface area contributed by atoms with Crippen LogP contribution >= 0.6 is 0 Å². The van der Waals surface area contributed by atoms with Crippen LogP contribution in [0, 0.1) is 6.92 Å². The quantitative estimate of drug-likeness (QED) is 0.475. The molecule has 0 bridgehead atoms. The number of benzene rings is 3. The zero-order chi connectivity index (χ0) is 20.5. The molecule has 1 unspecified atom stereocenters. The molecule has 1 aromatic heterocycles. The van der Waals surface area contributed by atoms with Crippen LogP contribution < -0.4 is 14.8 Å². The first-order valence-corrected chi connectivity index (χ1v) is 10.00. The van der Waals surface area contributed by atoms with Crippen molar-refractivity contribution in [2.75, 3.05) is 12.1 Å². The summed E-state index contributed by atoms with van der Waals surface area (Å²) in [5.41, 5.74) is 5.01. The Morgan fingerprint density at radius 3 is 2.70 bits per heavy atom. The zero-order valence-electron chi connectivity index (χ0n) is 16.6. The van der Waals surface area contributed by atoms with Gasteiger partial charge >= 0.3 is 0 Å². The molecule has 1 amide bonds. The van der Waals surface area contributed by atoms with Gasteiger partial charge in [0.1, 0.15) is 0 Å². The molecule has 5 heteroatoms. The highest BCUT2D eigenvalue weighted by molar-refractivity contribution is 5.93. The lowest BCUT2D eigenvalue weighted by atomic mass is 9.87. The molecule has 1 aliphatic rings. The number of aromatic nitrogens is 1. The predicted octanol–water partition coefficient (Wildman–Crippen LogP) is 5.37. The Bertz CT molecular complexity index is 1210. The van der Waals surface area contributed by atoms with Crippen LogP contribution in [-0.4, -0.2) is 17.7 Å². The summed E-state index contributed by atoms with van der Waals surface area (Å²) in [6.07, 6.45) is 2.28. The summed E-state index contributed by atoms with van der Waals surface area (Å²) in [7, 11) is 0. The molecule has 4 aromatic rings. The van der Waals surface area contributed by atoms with E-state index in [9.17, 15) is 4.79 Å². The van der Waals surface area contributed by atoms with E-state index < -0.39 is 0 Å². The molecule has 0 radical (unpaired) electrons. The molecule has 1 aliphatic heterocycles. The molecule has 0 saturated heterocycles. The number of fused-ring (bicyclic) bond motifs is 2. The van der Waals surface area contributed by atoms with Gasteiger partial charge in [-0.3, -0.25) is 4.79 Å². The second-order valence-electron chi connectivity index (χ2n) is 7.54. The van der Waals surface area contributed by atoms with E-state index in [4.69, 9.17) is 9.47 Å². The van der Waals surface area contributed by atoms with Crippen molar-refractivity contribution in [1.29, 1.82) is 0 Å². The number of nitrogens with one attached hydrogen (secondary N) is 2. The molecule has 1 atom stereocenters. The molecule has 0 fully saturated rings. The van der Waals surface area contributed by atoms with Crippen molar-refractivity contribution in [3.8, 4) is 11.5 Å². The smallest absolute Gasteiger partial charge is 0.231 e. The number of aryl methyl sites for hydroxylation is 1. The van der Waals surface area contributed by atoms with E-state index in [1.54, 1.807) is 0 Å². The molecule has 5 rings (SSSR count). The second kappa shape index (κ2) is 7.59. The number of anilines is 1. The number of para-hydroxylation sites is 2. The average molecular weight is 398 g/mol. The molecular formula is C25H22N2O3. The number of H-pyrrole nitrogens is 1. The Morgan fingerprint density at radius 1 is 1.00 bits per heavy atom. The average Bonchev–Trinajstić information content (AvgIpc) is 3.41. The van der Waals surface area contributed by atoms with Gasteiger partial charge < -0.3 is 19.8 Å². The molecule has 2 heterocycles. The minimum Gasteiger partial charge on any atom is -0.454 e. The van der Waals surface area contributed by atoms with E-state index in [-0.39, 0.29) is 25.0 Å². The van der Waals surface area contributed by atoms with E-state index >= 15 is 0 Å². The van der Waals surface area contributed by atoms with Crippen molar-refractivity contribution in [1.82, 2.24) is 4.98 Å². The normalized spacial score (nSPS) is 13.4. The lowest BCUT2D eigenvalue weighted by Crippen LogP contribution is -2.16. The third kappa shape index (κ3) is 3.39. The number of amides is 1. The Morgan fingerprint density at radius 2 is 1.83 bits per heavy atom. The van der Waals surface area contributed by atoms with Crippen molar-refractivity contribution >= 4 is 22.5 Å². The zero-order valence-corrected chi connectivity index (χ0v) is 16.6. The van der Waals surface area contributed by atoms with Gasteiger partial charge in [-0.05, 0) is 36.8 Å². The number of ether oxygens (including phenoxy) is 2. The van der Waals surface area contributed by atoms with Crippen LogP contribution in [0.4, 0.5) is 5.69 Å². The molecule has 3 aromatic carbocycles. The van der Waals surface area contributed by atoms with Gasteiger partial charge in [0, 0.05) is 40.7 Å². The molecule has 5 nitrogen and oxygen atoms in total. The lowest BCUT2D eigenvalue weighted by molar-refractivity contribution is -0.116. The van der Waals surface area contributed by atoms with Gasteiger partial charge in [-0.25, -0.2) is 0 Å². The van der Waals surface area contributed by atoms with E-state index in [1.165, 1.54) is 0 Å². The van der Waals surface area contributed by atoms with Crippen LogP contribution in [-0.2, 0) is 4.79 Å². The van der Waals surface area contributed by atoms with Crippen LogP contribution in [0.25, 0.3) is 10.9 Å². The maximum atomic E-state index is 13.0. The van der Waals surface area contributed by atoms with Crippen molar-refractivity contribution in [3.63, 3.8) is 0 Å². The van der Waals surface area contributed by atoms with Crippen molar-refractivity contribution < 1.29 is 14.3 Å². The monoisotopic (exact) mass is 398 g/mol. The van der Waals surface area contributed by atoms with E-state index in [0.29, 0.717) is 0 Å². The van der Waals surface area contributed by atoms with Crippen LogP contribution in [0.5, 0.6) is 11.5 Å². The van der Waals surface area contributed by atoms with E-state index in [0.717, 1.165) is 44.8 Å². The van der Waals surface area contributed by atoms with Crippen molar-refractivity contribution in [3.05, 3.63) is 89.6 Å².